The van der Waals surface area contributed by atoms with Crippen LogP contribution in [0.1, 0.15) is 22.8 Å². The van der Waals surface area contributed by atoms with Gasteiger partial charge in [-0.25, -0.2) is 8.98 Å². The first-order valence-corrected chi connectivity index (χ1v) is 5.68. The lowest BCUT2D eigenvalue weighted by molar-refractivity contribution is 0.0599. The molecule has 1 aromatic rings. The van der Waals surface area contributed by atoms with E-state index in [1.807, 2.05) is 0 Å². The topological polar surface area (TPSA) is 98.9 Å². The van der Waals surface area contributed by atoms with Crippen LogP contribution in [0.2, 0.25) is 0 Å². The SMILES string of the molecule is COC(=O)c1ccc(C(C)(N)OS(=O)O)cc1. The third kappa shape index (κ3) is 3.60. The van der Waals surface area contributed by atoms with Crippen LogP contribution in [0.3, 0.4) is 0 Å². The molecule has 0 heterocycles. The molecule has 0 saturated heterocycles. The van der Waals surface area contributed by atoms with Gasteiger partial charge < -0.3 is 4.74 Å². The van der Waals surface area contributed by atoms with Gasteiger partial charge in [0.05, 0.1) is 12.7 Å². The van der Waals surface area contributed by atoms with Gasteiger partial charge in [0.1, 0.15) is 0 Å². The summed E-state index contributed by atoms with van der Waals surface area (Å²) >= 11 is -2.47. The number of esters is 1. The van der Waals surface area contributed by atoms with Crippen molar-refractivity contribution in [1.82, 2.24) is 0 Å². The Morgan fingerprint density at radius 1 is 1.41 bits per heavy atom. The zero-order valence-corrected chi connectivity index (χ0v) is 10.2. The summed E-state index contributed by atoms with van der Waals surface area (Å²) in [6.45, 7) is 1.44. The van der Waals surface area contributed by atoms with E-state index in [9.17, 15) is 9.00 Å². The molecule has 0 aliphatic carbocycles. The van der Waals surface area contributed by atoms with E-state index in [1.54, 1.807) is 0 Å². The molecule has 17 heavy (non-hydrogen) atoms. The molecule has 7 heteroatoms. The number of benzene rings is 1. The van der Waals surface area contributed by atoms with E-state index < -0.39 is 23.1 Å². The van der Waals surface area contributed by atoms with Gasteiger partial charge in [-0.2, -0.15) is 4.21 Å². The Bertz CT molecular complexity index is 429. The normalized spacial score (nSPS) is 16.0. The van der Waals surface area contributed by atoms with Gasteiger partial charge in [0.2, 0.25) is 0 Å². The molecular formula is C10H13NO5S. The van der Waals surface area contributed by atoms with E-state index in [4.69, 9.17) is 10.3 Å². The number of carbonyl (C=O) groups is 1. The second-order valence-electron chi connectivity index (χ2n) is 3.48. The summed E-state index contributed by atoms with van der Waals surface area (Å²) in [4.78, 5) is 11.2. The number of methoxy groups -OCH3 is 1. The first-order chi connectivity index (χ1) is 7.86. The van der Waals surface area contributed by atoms with E-state index in [0.29, 0.717) is 11.1 Å². The van der Waals surface area contributed by atoms with Crippen LogP contribution < -0.4 is 5.73 Å². The maximum atomic E-state index is 11.2. The fourth-order valence-corrected chi connectivity index (χ4v) is 1.64. The average Bonchev–Trinajstić information content (AvgIpc) is 2.26. The second kappa shape index (κ2) is 5.37. The summed E-state index contributed by atoms with van der Waals surface area (Å²) in [5.74, 6) is -0.470. The zero-order valence-electron chi connectivity index (χ0n) is 9.38. The number of nitrogens with two attached hydrogens (primary N) is 1. The van der Waals surface area contributed by atoms with Gasteiger partial charge in [-0.1, -0.05) is 12.1 Å². The first kappa shape index (κ1) is 13.8. The lowest BCUT2D eigenvalue weighted by Gasteiger charge is -2.22. The van der Waals surface area contributed by atoms with Crippen LogP contribution in [0.25, 0.3) is 0 Å². The molecule has 0 amide bonds. The Morgan fingerprint density at radius 3 is 2.35 bits per heavy atom. The Balaban J connectivity index is 2.94. The molecule has 1 aromatic carbocycles. The lowest BCUT2D eigenvalue weighted by Crippen LogP contribution is -2.36. The minimum atomic E-state index is -2.47. The van der Waals surface area contributed by atoms with Crippen molar-refractivity contribution in [3.05, 3.63) is 35.4 Å². The smallest absolute Gasteiger partial charge is 0.337 e. The Labute approximate surface area is 101 Å². The summed E-state index contributed by atoms with van der Waals surface area (Å²) < 4.78 is 28.3. The monoisotopic (exact) mass is 259 g/mol. The zero-order chi connectivity index (χ0) is 13.1. The molecular weight excluding hydrogens is 246 g/mol. The highest BCUT2D eigenvalue weighted by atomic mass is 32.2. The van der Waals surface area contributed by atoms with E-state index in [1.165, 1.54) is 38.3 Å². The van der Waals surface area contributed by atoms with Crippen LogP contribution in [-0.4, -0.2) is 21.8 Å². The molecule has 2 unspecified atom stereocenters. The molecule has 94 valence electrons. The van der Waals surface area contributed by atoms with Gasteiger partial charge in [0.15, 0.2) is 5.72 Å². The molecule has 2 atom stereocenters. The molecule has 0 spiro atoms. The second-order valence-corrected chi connectivity index (χ2v) is 4.08. The van der Waals surface area contributed by atoms with Gasteiger partial charge in [-0.05, 0) is 24.6 Å². The van der Waals surface area contributed by atoms with E-state index in [-0.39, 0.29) is 0 Å². The summed E-state index contributed by atoms with van der Waals surface area (Å²) in [7, 11) is 1.28. The molecule has 6 nitrogen and oxygen atoms in total. The van der Waals surface area contributed by atoms with Crippen molar-refractivity contribution in [2.75, 3.05) is 7.11 Å². The average molecular weight is 259 g/mol. The van der Waals surface area contributed by atoms with Crippen LogP contribution in [-0.2, 0) is 26.0 Å². The van der Waals surface area contributed by atoms with Crippen molar-refractivity contribution in [1.29, 1.82) is 0 Å². The summed E-state index contributed by atoms with van der Waals surface area (Å²) in [6, 6.07) is 6.05. The van der Waals surface area contributed by atoms with E-state index >= 15 is 0 Å². The largest absolute Gasteiger partial charge is 0.465 e. The lowest BCUT2D eigenvalue weighted by atomic mass is 10.0. The third-order valence-corrected chi connectivity index (χ3v) is 2.61. The van der Waals surface area contributed by atoms with Crippen molar-refractivity contribution < 1.29 is 22.5 Å². The number of rotatable bonds is 4. The molecule has 0 bridgehead atoms. The van der Waals surface area contributed by atoms with Crippen LogP contribution >= 0.6 is 0 Å². The van der Waals surface area contributed by atoms with Crippen molar-refractivity contribution in [2.45, 2.75) is 12.6 Å². The molecule has 0 aliphatic heterocycles. The van der Waals surface area contributed by atoms with Crippen LogP contribution in [0.4, 0.5) is 0 Å². The van der Waals surface area contributed by atoms with Crippen LogP contribution in [0, 0.1) is 0 Å². The van der Waals surface area contributed by atoms with Crippen LogP contribution in [0.5, 0.6) is 0 Å². The van der Waals surface area contributed by atoms with Gasteiger partial charge >= 0.3 is 17.3 Å². The fraction of sp³-hybridized carbons (Fsp3) is 0.300. The highest BCUT2D eigenvalue weighted by Gasteiger charge is 2.25. The summed E-state index contributed by atoms with van der Waals surface area (Å²) in [5, 5.41) is 0. The first-order valence-electron chi connectivity index (χ1n) is 4.65. The number of hydrogen-bond donors (Lipinski definition) is 2. The van der Waals surface area contributed by atoms with Gasteiger partial charge in [-0.3, -0.25) is 10.3 Å². The molecule has 3 N–H and O–H groups in total. The third-order valence-electron chi connectivity index (χ3n) is 2.12. The molecule has 0 aromatic heterocycles. The minimum absolute atomic E-state index is 0.358. The van der Waals surface area contributed by atoms with Gasteiger partial charge in [-0.15, -0.1) is 0 Å². The highest BCUT2D eigenvalue weighted by Crippen LogP contribution is 2.20. The molecule has 0 aliphatic rings. The number of ether oxygens (including phenoxy) is 1. The van der Waals surface area contributed by atoms with E-state index in [2.05, 4.69) is 8.92 Å². The summed E-state index contributed by atoms with van der Waals surface area (Å²) in [5.41, 5.74) is 5.12. The number of hydrogen-bond acceptors (Lipinski definition) is 5. The van der Waals surface area contributed by atoms with Crippen LogP contribution in [0.15, 0.2) is 24.3 Å². The minimum Gasteiger partial charge on any atom is -0.465 e. The number of carbonyl (C=O) groups excluding carboxylic acids is 1. The van der Waals surface area contributed by atoms with E-state index in [0.717, 1.165) is 0 Å². The maximum absolute atomic E-state index is 11.2. The van der Waals surface area contributed by atoms with Crippen molar-refractivity contribution in [3.8, 4) is 0 Å². The molecule has 0 saturated carbocycles. The molecule has 0 radical (unpaired) electrons. The van der Waals surface area contributed by atoms with Crippen molar-refractivity contribution in [2.24, 2.45) is 5.73 Å². The maximum Gasteiger partial charge on any atom is 0.337 e. The van der Waals surface area contributed by atoms with Crippen molar-refractivity contribution in [3.63, 3.8) is 0 Å². The van der Waals surface area contributed by atoms with Crippen molar-refractivity contribution >= 4 is 17.3 Å². The quantitative estimate of drug-likeness (QED) is 0.470. The standard InChI is InChI=1S/C10H13NO5S/c1-10(11,16-17(13)14)8-5-3-7(4-6-8)9(12)15-2/h3-6H,11H2,1-2H3,(H,13,14). The predicted molar refractivity (Wildman–Crippen MR) is 61.2 cm³/mol. The Morgan fingerprint density at radius 2 is 1.94 bits per heavy atom. The van der Waals surface area contributed by atoms with Gasteiger partial charge in [0, 0.05) is 0 Å². The Kier molecular flexibility index (Phi) is 4.35. The molecule has 0 fully saturated rings. The summed E-state index contributed by atoms with van der Waals surface area (Å²) in [6.07, 6.45) is 0. The molecule has 1 rings (SSSR count). The predicted octanol–water partition coefficient (Wildman–Crippen LogP) is 0.758. The van der Waals surface area contributed by atoms with Gasteiger partial charge in [0.25, 0.3) is 0 Å². The highest BCUT2D eigenvalue weighted by molar-refractivity contribution is 7.74. The Hall–Kier alpha value is -1.28. The fourth-order valence-electron chi connectivity index (χ4n) is 1.25.